The van der Waals surface area contributed by atoms with Crippen LogP contribution in [0.2, 0.25) is 0 Å². The lowest BCUT2D eigenvalue weighted by Crippen LogP contribution is -1.99. The number of benzene rings is 1. The van der Waals surface area contributed by atoms with Crippen molar-refractivity contribution in [2.75, 3.05) is 7.11 Å². The molecule has 0 N–H and O–H groups in total. The number of methoxy groups -OCH3 is 1. The Morgan fingerprint density at radius 2 is 1.86 bits per heavy atom. The zero-order chi connectivity index (χ0) is 14.7. The summed E-state index contributed by atoms with van der Waals surface area (Å²) in [7, 11) is 1.65. The molecule has 0 aliphatic carbocycles. The summed E-state index contributed by atoms with van der Waals surface area (Å²) in [5.41, 5.74) is 0.997. The van der Waals surface area contributed by atoms with Gasteiger partial charge < -0.3 is 4.74 Å². The molecule has 6 heteroatoms. The highest BCUT2D eigenvalue weighted by Gasteiger charge is 2.12. The van der Waals surface area contributed by atoms with Crippen LogP contribution in [-0.4, -0.2) is 26.9 Å². The lowest BCUT2D eigenvalue weighted by Gasteiger charge is -2.08. The van der Waals surface area contributed by atoms with Crippen LogP contribution in [0.25, 0.3) is 5.69 Å². The number of hydrogen-bond acceptors (Lipinski definition) is 5. The number of rotatable bonds is 4. The third-order valence-corrected chi connectivity index (χ3v) is 3.86. The van der Waals surface area contributed by atoms with Gasteiger partial charge in [0.1, 0.15) is 16.6 Å². The van der Waals surface area contributed by atoms with Gasteiger partial charge in [-0.15, -0.1) is 10.2 Å². The number of nitrogens with zero attached hydrogens (tertiary/aromatic N) is 4. The Hall–Kier alpha value is -2.34. The van der Waals surface area contributed by atoms with Crippen molar-refractivity contribution in [3.05, 3.63) is 54.5 Å². The van der Waals surface area contributed by atoms with Crippen LogP contribution in [0.4, 0.5) is 0 Å². The van der Waals surface area contributed by atoms with Crippen molar-refractivity contribution in [3.8, 4) is 11.4 Å². The topological polar surface area (TPSA) is 52.8 Å². The van der Waals surface area contributed by atoms with Crippen molar-refractivity contribution >= 4 is 11.8 Å². The van der Waals surface area contributed by atoms with Gasteiger partial charge in [-0.05, 0) is 55.1 Å². The van der Waals surface area contributed by atoms with Gasteiger partial charge >= 0.3 is 0 Å². The Morgan fingerprint density at radius 1 is 1.05 bits per heavy atom. The molecule has 1 aromatic carbocycles. The van der Waals surface area contributed by atoms with Crippen molar-refractivity contribution in [1.82, 2.24) is 19.7 Å². The molecule has 3 aromatic rings. The van der Waals surface area contributed by atoms with Crippen LogP contribution >= 0.6 is 11.8 Å². The van der Waals surface area contributed by atoms with Gasteiger partial charge in [0.25, 0.3) is 0 Å². The van der Waals surface area contributed by atoms with E-state index in [-0.39, 0.29) is 0 Å². The van der Waals surface area contributed by atoms with Crippen LogP contribution in [0.1, 0.15) is 5.82 Å². The number of aromatic nitrogens is 4. The van der Waals surface area contributed by atoms with Gasteiger partial charge in [-0.1, -0.05) is 6.07 Å². The van der Waals surface area contributed by atoms with E-state index in [1.165, 1.54) is 11.8 Å². The van der Waals surface area contributed by atoms with Crippen molar-refractivity contribution in [2.45, 2.75) is 17.1 Å². The summed E-state index contributed by atoms with van der Waals surface area (Å²) in [5.74, 6) is 1.65. The minimum Gasteiger partial charge on any atom is -0.497 e. The second-order valence-electron chi connectivity index (χ2n) is 4.33. The Kier molecular flexibility index (Phi) is 3.87. The summed E-state index contributed by atoms with van der Waals surface area (Å²) in [5, 5.41) is 10.1. The molecular formula is C15H14N4OS. The second-order valence-corrected chi connectivity index (χ2v) is 5.32. The van der Waals surface area contributed by atoms with E-state index in [4.69, 9.17) is 4.74 Å². The Morgan fingerprint density at radius 3 is 2.52 bits per heavy atom. The third kappa shape index (κ3) is 2.90. The van der Waals surface area contributed by atoms with Crippen LogP contribution in [0.5, 0.6) is 5.75 Å². The maximum absolute atomic E-state index is 5.19. The molecule has 0 spiro atoms. The molecule has 0 bridgehead atoms. The fraction of sp³-hybridized carbons (Fsp3) is 0.133. The number of ether oxygens (including phenoxy) is 1. The van der Waals surface area contributed by atoms with Gasteiger partial charge in [0.05, 0.1) is 7.11 Å². The quantitative estimate of drug-likeness (QED) is 0.740. The third-order valence-electron chi connectivity index (χ3n) is 2.96. The lowest BCUT2D eigenvalue weighted by molar-refractivity contribution is 0.414. The van der Waals surface area contributed by atoms with Crippen molar-refractivity contribution in [3.63, 3.8) is 0 Å². The van der Waals surface area contributed by atoms with E-state index in [2.05, 4.69) is 15.2 Å². The molecule has 0 aliphatic rings. The Balaban J connectivity index is 1.96. The molecule has 2 heterocycles. The largest absolute Gasteiger partial charge is 0.497 e. The van der Waals surface area contributed by atoms with Crippen LogP contribution in [-0.2, 0) is 0 Å². The fourth-order valence-electron chi connectivity index (χ4n) is 1.94. The normalized spacial score (nSPS) is 10.6. The fourth-order valence-corrected chi connectivity index (χ4v) is 2.80. The first-order valence-electron chi connectivity index (χ1n) is 6.43. The predicted molar refractivity (Wildman–Crippen MR) is 81.0 cm³/mol. The average Bonchev–Trinajstić information content (AvgIpc) is 2.89. The van der Waals surface area contributed by atoms with Crippen molar-refractivity contribution < 1.29 is 4.74 Å². The van der Waals surface area contributed by atoms with Crippen LogP contribution in [0, 0.1) is 6.92 Å². The number of pyridine rings is 1. The van der Waals surface area contributed by atoms with Gasteiger partial charge in [-0.25, -0.2) is 4.98 Å². The van der Waals surface area contributed by atoms with E-state index in [1.807, 2.05) is 54.0 Å². The van der Waals surface area contributed by atoms with E-state index in [9.17, 15) is 0 Å². The molecule has 0 atom stereocenters. The average molecular weight is 298 g/mol. The van der Waals surface area contributed by atoms with E-state index >= 15 is 0 Å². The van der Waals surface area contributed by atoms with Gasteiger partial charge in [-0.2, -0.15) is 0 Å². The molecule has 0 saturated carbocycles. The summed E-state index contributed by atoms with van der Waals surface area (Å²) >= 11 is 1.49. The van der Waals surface area contributed by atoms with Crippen molar-refractivity contribution in [2.24, 2.45) is 0 Å². The summed E-state index contributed by atoms with van der Waals surface area (Å²) < 4.78 is 7.19. The summed E-state index contributed by atoms with van der Waals surface area (Å²) in [6.07, 6.45) is 1.77. The molecule has 0 saturated heterocycles. The molecule has 0 amide bonds. The molecule has 0 fully saturated rings. The summed E-state index contributed by atoms with van der Waals surface area (Å²) in [4.78, 5) is 4.31. The first kappa shape index (κ1) is 13.6. The van der Waals surface area contributed by atoms with E-state index in [1.54, 1.807) is 13.3 Å². The maximum Gasteiger partial charge on any atom is 0.202 e. The first-order valence-corrected chi connectivity index (χ1v) is 7.25. The molecule has 0 radical (unpaired) electrons. The van der Waals surface area contributed by atoms with Crippen LogP contribution in [0.15, 0.2) is 58.8 Å². The molecule has 2 aromatic heterocycles. The molecular weight excluding hydrogens is 284 g/mol. The Bertz CT molecular complexity index is 725. The summed E-state index contributed by atoms with van der Waals surface area (Å²) in [6, 6.07) is 13.6. The molecule has 5 nitrogen and oxygen atoms in total. The van der Waals surface area contributed by atoms with Gasteiger partial charge in [0, 0.05) is 11.9 Å². The maximum atomic E-state index is 5.19. The standard InChI is InChI=1S/C15H14N4OS/c1-11-17-18-15(21-14-5-3-4-10-16-14)19(11)12-6-8-13(20-2)9-7-12/h3-10H,1-2H3. The molecule has 106 valence electrons. The van der Waals surface area contributed by atoms with Crippen LogP contribution < -0.4 is 4.74 Å². The highest BCUT2D eigenvalue weighted by molar-refractivity contribution is 7.99. The number of aryl methyl sites for hydroxylation is 1. The van der Waals surface area contributed by atoms with E-state index in [0.29, 0.717) is 0 Å². The smallest absolute Gasteiger partial charge is 0.202 e. The molecule has 21 heavy (non-hydrogen) atoms. The SMILES string of the molecule is COc1ccc(-n2c(C)nnc2Sc2ccccn2)cc1. The molecule has 0 unspecified atom stereocenters. The Labute approximate surface area is 127 Å². The minimum atomic E-state index is 0.788. The molecule has 0 aliphatic heterocycles. The van der Waals surface area contributed by atoms with E-state index < -0.39 is 0 Å². The highest BCUT2D eigenvalue weighted by Crippen LogP contribution is 2.27. The minimum absolute atomic E-state index is 0.788. The van der Waals surface area contributed by atoms with Gasteiger partial charge in [0.2, 0.25) is 5.16 Å². The predicted octanol–water partition coefficient (Wildman–Crippen LogP) is 3.13. The zero-order valence-corrected chi connectivity index (χ0v) is 12.5. The lowest BCUT2D eigenvalue weighted by atomic mass is 10.3. The highest BCUT2D eigenvalue weighted by atomic mass is 32.2. The number of hydrogen-bond donors (Lipinski definition) is 0. The zero-order valence-electron chi connectivity index (χ0n) is 11.7. The second kappa shape index (κ2) is 5.97. The van der Waals surface area contributed by atoms with E-state index in [0.717, 1.165) is 27.4 Å². The van der Waals surface area contributed by atoms with Gasteiger partial charge in [0.15, 0.2) is 0 Å². The first-order chi connectivity index (χ1) is 10.3. The monoisotopic (exact) mass is 298 g/mol. The summed E-state index contributed by atoms with van der Waals surface area (Å²) in [6.45, 7) is 1.93. The molecule has 3 rings (SSSR count). The van der Waals surface area contributed by atoms with Crippen LogP contribution in [0.3, 0.4) is 0 Å². The van der Waals surface area contributed by atoms with Crippen molar-refractivity contribution in [1.29, 1.82) is 0 Å². The van der Waals surface area contributed by atoms with Gasteiger partial charge in [-0.3, -0.25) is 4.57 Å².